The average Bonchev–Trinajstić information content (AvgIpc) is 3.86. The lowest BCUT2D eigenvalue weighted by molar-refractivity contribution is -0.162. The maximum absolute atomic E-state index is 12.8. The third kappa shape index (κ3) is 11.3. The first kappa shape index (κ1) is 30.8. The molecule has 8 unspecified atom stereocenters. The molecular formula is C32H54O7. The summed E-state index contributed by atoms with van der Waals surface area (Å²) in [5, 5.41) is 0. The average molecular weight is 551 g/mol. The fraction of sp³-hybridized carbons (Fsp3) is 0.938. The van der Waals surface area contributed by atoms with Gasteiger partial charge in [0.15, 0.2) is 0 Å². The van der Waals surface area contributed by atoms with Gasteiger partial charge in [0.05, 0.1) is 61.7 Å². The van der Waals surface area contributed by atoms with Crippen molar-refractivity contribution < 1.29 is 33.3 Å². The van der Waals surface area contributed by atoms with Crippen molar-refractivity contribution in [1.29, 1.82) is 0 Å². The van der Waals surface area contributed by atoms with Crippen molar-refractivity contribution in [1.82, 2.24) is 0 Å². The molecule has 0 spiro atoms. The molecule has 4 fully saturated rings. The normalized spacial score (nSPS) is 32.4. The Morgan fingerprint density at radius 1 is 0.538 bits per heavy atom. The number of carbonyl (C=O) groups is 2. The Morgan fingerprint density at radius 3 is 1.23 bits per heavy atom. The van der Waals surface area contributed by atoms with E-state index in [4.69, 9.17) is 23.7 Å². The first-order valence-electron chi connectivity index (χ1n) is 16.3. The first-order valence-corrected chi connectivity index (χ1v) is 16.3. The van der Waals surface area contributed by atoms with Gasteiger partial charge >= 0.3 is 11.9 Å². The molecule has 1 aliphatic carbocycles. The zero-order valence-electron chi connectivity index (χ0n) is 24.6. The Bertz CT molecular complexity index is 682. The first-order chi connectivity index (χ1) is 19.0. The van der Waals surface area contributed by atoms with Crippen molar-refractivity contribution in [3.05, 3.63) is 0 Å². The van der Waals surface area contributed by atoms with E-state index in [1.165, 1.54) is 77.0 Å². The lowest BCUT2D eigenvalue weighted by Gasteiger charge is -2.26. The van der Waals surface area contributed by atoms with Gasteiger partial charge < -0.3 is 23.7 Å². The molecule has 0 aromatic carbocycles. The molecule has 7 nitrogen and oxygen atoms in total. The molecule has 0 amide bonds. The van der Waals surface area contributed by atoms with Gasteiger partial charge in [0.2, 0.25) is 0 Å². The van der Waals surface area contributed by atoms with Gasteiger partial charge in [-0.3, -0.25) is 9.59 Å². The van der Waals surface area contributed by atoms with Crippen LogP contribution in [0.4, 0.5) is 0 Å². The number of rotatable bonds is 22. The lowest BCUT2D eigenvalue weighted by atomic mass is 9.79. The fourth-order valence-electron chi connectivity index (χ4n) is 6.23. The standard InChI is InChI=1S/C32H54O7/c1-23-27(37-23)17-13-9-5-3-7-11-15-19-35-31(33)25-21-29-30(39-29)22-26(25)32(34)36-20-16-12-8-4-6-10-14-18-28-24(2)38-28/h23-30H,3-22H2,1-2H3. The van der Waals surface area contributed by atoms with E-state index in [0.717, 1.165) is 25.7 Å². The second-order valence-corrected chi connectivity index (χ2v) is 12.5. The van der Waals surface area contributed by atoms with E-state index < -0.39 is 11.8 Å². The van der Waals surface area contributed by atoms with Crippen LogP contribution in [0, 0.1) is 11.8 Å². The van der Waals surface area contributed by atoms with Crippen LogP contribution in [0.25, 0.3) is 0 Å². The Morgan fingerprint density at radius 2 is 0.872 bits per heavy atom. The molecule has 39 heavy (non-hydrogen) atoms. The molecule has 8 atom stereocenters. The summed E-state index contributed by atoms with van der Waals surface area (Å²) in [6.45, 7) is 5.17. The van der Waals surface area contributed by atoms with Crippen molar-refractivity contribution in [2.75, 3.05) is 13.2 Å². The molecule has 3 heterocycles. The van der Waals surface area contributed by atoms with Gasteiger partial charge in [-0.1, -0.05) is 77.0 Å². The number of hydrogen-bond donors (Lipinski definition) is 0. The summed E-state index contributed by atoms with van der Waals surface area (Å²) in [5.41, 5.74) is 0. The molecule has 0 aromatic heterocycles. The summed E-state index contributed by atoms with van der Waals surface area (Å²) in [6, 6.07) is 0. The van der Waals surface area contributed by atoms with Crippen LogP contribution in [-0.4, -0.2) is 61.8 Å². The van der Waals surface area contributed by atoms with Crippen molar-refractivity contribution >= 4 is 11.9 Å². The largest absolute Gasteiger partial charge is 0.465 e. The van der Waals surface area contributed by atoms with Gasteiger partial charge in [0.1, 0.15) is 0 Å². The summed E-state index contributed by atoms with van der Waals surface area (Å²) in [4.78, 5) is 25.7. The molecule has 0 bridgehead atoms. The zero-order valence-corrected chi connectivity index (χ0v) is 24.6. The summed E-state index contributed by atoms with van der Waals surface area (Å²) in [6.07, 6.45) is 22.2. The maximum atomic E-state index is 12.8. The minimum absolute atomic E-state index is 0.112. The van der Waals surface area contributed by atoms with E-state index >= 15 is 0 Å². The molecule has 224 valence electrons. The SMILES string of the molecule is CC1OC1CCCCCCCCCOC(=O)C1CC2OC2CC1C(=O)OCCCCCCCCCC1OC1C. The minimum Gasteiger partial charge on any atom is -0.465 e. The van der Waals surface area contributed by atoms with E-state index in [9.17, 15) is 9.59 Å². The molecule has 4 rings (SSSR count). The van der Waals surface area contributed by atoms with E-state index in [1.54, 1.807) is 0 Å². The van der Waals surface area contributed by atoms with E-state index in [-0.39, 0.29) is 24.1 Å². The Kier molecular flexibility index (Phi) is 12.9. The van der Waals surface area contributed by atoms with Crippen LogP contribution in [-0.2, 0) is 33.3 Å². The summed E-state index contributed by atoms with van der Waals surface area (Å²) >= 11 is 0. The van der Waals surface area contributed by atoms with Crippen LogP contribution in [0.15, 0.2) is 0 Å². The lowest BCUT2D eigenvalue weighted by Crippen LogP contribution is -2.37. The van der Waals surface area contributed by atoms with Crippen molar-refractivity contribution in [2.24, 2.45) is 11.8 Å². The number of esters is 2. The Balaban J connectivity index is 0.984. The monoisotopic (exact) mass is 550 g/mol. The van der Waals surface area contributed by atoms with Crippen LogP contribution >= 0.6 is 0 Å². The van der Waals surface area contributed by atoms with Crippen LogP contribution in [0.3, 0.4) is 0 Å². The topological polar surface area (TPSA) is 90.2 Å². The number of hydrogen-bond acceptors (Lipinski definition) is 7. The van der Waals surface area contributed by atoms with Gasteiger partial charge in [-0.05, 0) is 52.4 Å². The van der Waals surface area contributed by atoms with Crippen molar-refractivity contribution in [3.8, 4) is 0 Å². The van der Waals surface area contributed by atoms with Crippen molar-refractivity contribution in [3.63, 3.8) is 0 Å². The summed E-state index contributed by atoms with van der Waals surface area (Å²) < 4.78 is 27.8. The molecule has 1 saturated carbocycles. The van der Waals surface area contributed by atoms with Gasteiger partial charge in [0.25, 0.3) is 0 Å². The van der Waals surface area contributed by atoms with Gasteiger partial charge in [0, 0.05) is 0 Å². The number of unbranched alkanes of at least 4 members (excludes halogenated alkanes) is 12. The highest BCUT2D eigenvalue weighted by Gasteiger charge is 2.53. The molecular weight excluding hydrogens is 496 g/mol. The van der Waals surface area contributed by atoms with Crippen LogP contribution in [0.2, 0.25) is 0 Å². The molecule has 4 aliphatic rings. The van der Waals surface area contributed by atoms with Crippen LogP contribution in [0.5, 0.6) is 0 Å². The second kappa shape index (κ2) is 16.3. The molecule has 0 radical (unpaired) electrons. The van der Waals surface area contributed by atoms with Gasteiger partial charge in [-0.2, -0.15) is 0 Å². The molecule has 0 N–H and O–H groups in total. The maximum Gasteiger partial charge on any atom is 0.309 e. The highest BCUT2D eigenvalue weighted by molar-refractivity contribution is 5.82. The Hall–Kier alpha value is -1.18. The number of epoxide rings is 3. The highest BCUT2D eigenvalue weighted by atomic mass is 16.6. The van der Waals surface area contributed by atoms with Crippen LogP contribution in [0.1, 0.15) is 129 Å². The van der Waals surface area contributed by atoms with Crippen LogP contribution < -0.4 is 0 Å². The third-order valence-electron chi connectivity index (χ3n) is 9.18. The van der Waals surface area contributed by atoms with Crippen molar-refractivity contribution in [2.45, 2.75) is 166 Å². The molecule has 3 aliphatic heterocycles. The molecule has 3 saturated heterocycles. The summed E-state index contributed by atoms with van der Waals surface area (Å²) in [7, 11) is 0. The third-order valence-corrected chi connectivity index (χ3v) is 9.18. The highest BCUT2D eigenvalue weighted by Crippen LogP contribution is 2.44. The quantitative estimate of drug-likeness (QED) is 0.0843. The number of fused-ring (bicyclic) bond motifs is 1. The predicted molar refractivity (Wildman–Crippen MR) is 149 cm³/mol. The minimum atomic E-state index is -0.427. The summed E-state index contributed by atoms with van der Waals surface area (Å²) in [5.74, 6) is -1.35. The van der Waals surface area contributed by atoms with E-state index in [0.29, 0.717) is 50.5 Å². The van der Waals surface area contributed by atoms with E-state index in [1.807, 2.05) is 0 Å². The fourth-order valence-corrected chi connectivity index (χ4v) is 6.23. The smallest absolute Gasteiger partial charge is 0.309 e. The Labute approximate surface area is 236 Å². The number of ether oxygens (including phenoxy) is 5. The molecule has 0 aromatic rings. The second-order valence-electron chi connectivity index (χ2n) is 12.5. The van der Waals surface area contributed by atoms with E-state index in [2.05, 4.69) is 13.8 Å². The molecule has 7 heteroatoms. The predicted octanol–water partition coefficient (Wildman–Crippen LogP) is 6.68. The van der Waals surface area contributed by atoms with Gasteiger partial charge in [-0.15, -0.1) is 0 Å². The van der Waals surface area contributed by atoms with Gasteiger partial charge in [-0.25, -0.2) is 0 Å². The zero-order chi connectivity index (χ0) is 27.5. The number of carbonyl (C=O) groups excluding carboxylic acids is 2.